The van der Waals surface area contributed by atoms with Gasteiger partial charge >= 0.3 is 0 Å². The van der Waals surface area contributed by atoms with Gasteiger partial charge in [-0.2, -0.15) is 15.0 Å². The zero-order chi connectivity index (χ0) is 24.6. The van der Waals surface area contributed by atoms with Gasteiger partial charge in [-0.1, -0.05) is 32.6 Å². The number of nitrogens with one attached hydrogen (secondary N) is 2. The smallest absolute Gasteiger partial charge is 0.236 e. The molecule has 2 N–H and O–H groups in total. The SMILES string of the molecule is CCN(c1ccc(OC)c(F)c1)c1nc(NCC2CCCN2CC)nc(NC2CCCCCC2)n1. The Morgan fingerprint density at radius 3 is 2.49 bits per heavy atom. The fourth-order valence-corrected chi connectivity index (χ4v) is 5.25. The molecule has 1 aliphatic heterocycles. The average Bonchev–Trinajstić information content (AvgIpc) is 3.18. The molecule has 9 heteroatoms. The molecule has 35 heavy (non-hydrogen) atoms. The van der Waals surface area contributed by atoms with Crippen molar-refractivity contribution in [3.05, 3.63) is 24.0 Å². The summed E-state index contributed by atoms with van der Waals surface area (Å²) in [7, 11) is 1.47. The van der Waals surface area contributed by atoms with Crippen LogP contribution in [0.3, 0.4) is 0 Å². The van der Waals surface area contributed by atoms with Gasteiger partial charge in [0.1, 0.15) is 0 Å². The molecule has 0 radical (unpaired) electrons. The third kappa shape index (κ3) is 6.51. The molecule has 4 rings (SSSR count). The predicted molar refractivity (Wildman–Crippen MR) is 139 cm³/mol. The number of nitrogens with zero attached hydrogens (tertiary/aromatic N) is 5. The summed E-state index contributed by atoms with van der Waals surface area (Å²) in [5, 5.41) is 7.05. The lowest BCUT2D eigenvalue weighted by Gasteiger charge is -2.25. The van der Waals surface area contributed by atoms with Gasteiger partial charge < -0.3 is 20.3 Å². The van der Waals surface area contributed by atoms with Crippen molar-refractivity contribution in [3.63, 3.8) is 0 Å². The monoisotopic (exact) mass is 485 g/mol. The Balaban J connectivity index is 1.60. The number of halogens is 1. The van der Waals surface area contributed by atoms with Crippen molar-refractivity contribution in [2.75, 3.05) is 48.8 Å². The summed E-state index contributed by atoms with van der Waals surface area (Å²) >= 11 is 0. The number of benzene rings is 1. The summed E-state index contributed by atoms with van der Waals surface area (Å²) in [6.07, 6.45) is 9.67. The molecular weight excluding hydrogens is 445 g/mol. The molecule has 8 nitrogen and oxygen atoms in total. The third-order valence-corrected chi connectivity index (χ3v) is 7.22. The molecule has 2 aliphatic rings. The Bertz CT molecular complexity index is 951. The first-order valence-electron chi connectivity index (χ1n) is 13.2. The van der Waals surface area contributed by atoms with Crippen LogP contribution in [-0.4, -0.2) is 65.2 Å². The normalized spacial score (nSPS) is 19.4. The van der Waals surface area contributed by atoms with Crippen LogP contribution in [0.1, 0.15) is 65.2 Å². The highest BCUT2D eigenvalue weighted by molar-refractivity contribution is 5.60. The van der Waals surface area contributed by atoms with E-state index in [1.807, 2.05) is 17.9 Å². The lowest BCUT2D eigenvalue weighted by molar-refractivity contribution is 0.277. The van der Waals surface area contributed by atoms with E-state index in [0.29, 0.717) is 42.2 Å². The van der Waals surface area contributed by atoms with E-state index in [-0.39, 0.29) is 5.75 Å². The summed E-state index contributed by atoms with van der Waals surface area (Å²) < 4.78 is 19.6. The topological polar surface area (TPSA) is 78.4 Å². The highest BCUT2D eigenvalue weighted by Gasteiger charge is 2.24. The standard InChI is InChI=1S/C26H40FN7O/c1-4-33-16-10-13-21(33)18-28-24-30-25(29-19-11-8-6-7-9-12-19)32-26(31-24)34(5-2)20-14-15-23(35-3)22(27)17-20/h14-15,17,19,21H,4-13,16,18H2,1-3H3,(H2,28,29,30,31,32). The van der Waals surface area contributed by atoms with E-state index in [9.17, 15) is 4.39 Å². The maximum atomic E-state index is 14.5. The van der Waals surface area contributed by atoms with Gasteiger partial charge in [0.25, 0.3) is 0 Å². The highest BCUT2D eigenvalue weighted by atomic mass is 19.1. The van der Waals surface area contributed by atoms with Crippen LogP contribution in [0.25, 0.3) is 0 Å². The summed E-state index contributed by atoms with van der Waals surface area (Å²) in [5.74, 6) is 1.45. The number of likely N-dealkylation sites (tertiary alicyclic amines) is 1. The Hall–Kier alpha value is -2.68. The number of likely N-dealkylation sites (N-methyl/N-ethyl adjacent to an activating group) is 1. The maximum absolute atomic E-state index is 14.5. The van der Waals surface area contributed by atoms with Gasteiger partial charge in [-0.3, -0.25) is 4.90 Å². The van der Waals surface area contributed by atoms with Gasteiger partial charge in [0.05, 0.1) is 7.11 Å². The Morgan fingerprint density at radius 2 is 1.80 bits per heavy atom. The minimum atomic E-state index is -0.409. The quantitative estimate of drug-likeness (QED) is 0.444. The van der Waals surface area contributed by atoms with Crippen LogP contribution in [0.5, 0.6) is 5.75 Å². The molecule has 2 fully saturated rings. The summed E-state index contributed by atoms with van der Waals surface area (Å²) in [6.45, 7) is 7.80. The lowest BCUT2D eigenvalue weighted by Crippen LogP contribution is -2.35. The number of ether oxygens (including phenoxy) is 1. The number of hydrogen-bond acceptors (Lipinski definition) is 8. The Labute approximate surface area is 208 Å². The van der Waals surface area contributed by atoms with Crippen molar-refractivity contribution in [3.8, 4) is 5.75 Å². The molecule has 1 saturated carbocycles. The molecule has 2 aromatic rings. The molecule has 0 bridgehead atoms. The molecule has 192 valence electrons. The zero-order valence-electron chi connectivity index (χ0n) is 21.4. The fourth-order valence-electron chi connectivity index (χ4n) is 5.25. The minimum absolute atomic E-state index is 0.218. The van der Waals surface area contributed by atoms with Crippen LogP contribution in [-0.2, 0) is 0 Å². The second-order valence-electron chi connectivity index (χ2n) is 9.48. The van der Waals surface area contributed by atoms with Crippen LogP contribution < -0.4 is 20.3 Å². The summed E-state index contributed by atoms with van der Waals surface area (Å²) in [4.78, 5) is 18.7. The first kappa shape index (κ1) is 25.4. The fraction of sp³-hybridized carbons (Fsp3) is 0.654. The van der Waals surface area contributed by atoms with E-state index in [2.05, 4.69) is 22.5 Å². The van der Waals surface area contributed by atoms with Crippen LogP contribution in [0.4, 0.5) is 27.9 Å². The van der Waals surface area contributed by atoms with E-state index >= 15 is 0 Å². The van der Waals surface area contributed by atoms with Crippen LogP contribution in [0.15, 0.2) is 18.2 Å². The van der Waals surface area contributed by atoms with E-state index in [0.717, 1.165) is 32.5 Å². The predicted octanol–water partition coefficient (Wildman–Crippen LogP) is 5.21. The molecule has 0 amide bonds. The number of methoxy groups -OCH3 is 1. The zero-order valence-corrected chi connectivity index (χ0v) is 21.4. The summed E-state index contributed by atoms with van der Waals surface area (Å²) in [5.41, 5.74) is 0.677. The number of hydrogen-bond donors (Lipinski definition) is 2. The van der Waals surface area contributed by atoms with Gasteiger partial charge in [-0.05, 0) is 57.8 Å². The van der Waals surface area contributed by atoms with Crippen molar-refractivity contribution in [2.24, 2.45) is 0 Å². The van der Waals surface area contributed by atoms with Crippen molar-refractivity contribution in [1.82, 2.24) is 19.9 Å². The van der Waals surface area contributed by atoms with Crippen molar-refractivity contribution < 1.29 is 9.13 Å². The lowest BCUT2D eigenvalue weighted by atomic mass is 10.1. The molecule has 2 heterocycles. The van der Waals surface area contributed by atoms with E-state index < -0.39 is 5.82 Å². The van der Waals surface area contributed by atoms with E-state index in [4.69, 9.17) is 19.7 Å². The Morgan fingerprint density at radius 1 is 1.03 bits per heavy atom. The van der Waals surface area contributed by atoms with Crippen molar-refractivity contribution in [1.29, 1.82) is 0 Å². The third-order valence-electron chi connectivity index (χ3n) is 7.22. The average molecular weight is 486 g/mol. The van der Waals surface area contributed by atoms with Gasteiger partial charge in [-0.15, -0.1) is 0 Å². The van der Waals surface area contributed by atoms with Crippen molar-refractivity contribution >= 4 is 23.5 Å². The van der Waals surface area contributed by atoms with Crippen LogP contribution in [0, 0.1) is 5.82 Å². The van der Waals surface area contributed by atoms with Crippen molar-refractivity contribution in [2.45, 2.75) is 77.3 Å². The minimum Gasteiger partial charge on any atom is -0.494 e. The molecule has 0 spiro atoms. The second kappa shape index (κ2) is 12.3. The van der Waals surface area contributed by atoms with Crippen LogP contribution in [0.2, 0.25) is 0 Å². The van der Waals surface area contributed by atoms with Gasteiger partial charge in [0.2, 0.25) is 17.8 Å². The largest absolute Gasteiger partial charge is 0.494 e. The molecule has 1 aliphatic carbocycles. The molecule has 1 atom stereocenters. The number of rotatable bonds is 10. The maximum Gasteiger partial charge on any atom is 0.236 e. The number of anilines is 4. The second-order valence-corrected chi connectivity index (χ2v) is 9.48. The van der Waals surface area contributed by atoms with Gasteiger partial charge in [0, 0.05) is 36.9 Å². The van der Waals surface area contributed by atoms with E-state index in [1.54, 1.807) is 6.07 Å². The van der Waals surface area contributed by atoms with E-state index in [1.165, 1.54) is 51.7 Å². The molecular formula is C26H40FN7O. The molecule has 1 saturated heterocycles. The number of aromatic nitrogens is 3. The molecule has 1 aromatic heterocycles. The van der Waals surface area contributed by atoms with Crippen LogP contribution >= 0.6 is 0 Å². The summed E-state index contributed by atoms with van der Waals surface area (Å²) in [6, 6.07) is 5.78. The van der Waals surface area contributed by atoms with Gasteiger partial charge in [-0.25, -0.2) is 4.39 Å². The Kier molecular flexibility index (Phi) is 8.95. The van der Waals surface area contributed by atoms with Gasteiger partial charge in [0.15, 0.2) is 11.6 Å². The first-order valence-corrected chi connectivity index (χ1v) is 13.2. The highest BCUT2D eigenvalue weighted by Crippen LogP contribution is 2.29. The molecule has 1 aromatic carbocycles. The molecule has 1 unspecified atom stereocenters. The first-order chi connectivity index (χ1) is 17.1.